The van der Waals surface area contributed by atoms with Crippen LogP contribution >= 0.6 is 0 Å². The Labute approximate surface area is 149 Å². The van der Waals surface area contributed by atoms with E-state index in [-0.39, 0.29) is 12.3 Å². The van der Waals surface area contributed by atoms with Crippen molar-refractivity contribution in [3.8, 4) is 0 Å². The lowest BCUT2D eigenvalue weighted by Crippen LogP contribution is -2.49. The number of benzene rings is 1. The second-order valence-corrected chi connectivity index (χ2v) is 6.00. The second kappa shape index (κ2) is 8.50. The van der Waals surface area contributed by atoms with E-state index in [1.54, 1.807) is 30.3 Å². The number of ether oxygens (including phenoxy) is 2. The zero-order chi connectivity index (χ0) is 19.3. The van der Waals surface area contributed by atoms with E-state index in [0.29, 0.717) is 18.4 Å². The van der Waals surface area contributed by atoms with Crippen LogP contribution in [0.1, 0.15) is 31.4 Å². The Morgan fingerprint density at radius 2 is 2.08 bits per heavy atom. The Morgan fingerprint density at radius 1 is 1.42 bits per heavy atom. The molecule has 3 atom stereocenters. The summed E-state index contributed by atoms with van der Waals surface area (Å²) in [7, 11) is 1.34. The summed E-state index contributed by atoms with van der Waals surface area (Å²) in [5, 5.41) is 12.0. The van der Waals surface area contributed by atoms with Gasteiger partial charge in [0.05, 0.1) is 12.1 Å². The summed E-state index contributed by atoms with van der Waals surface area (Å²) in [5.74, 6) is -1.92. The van der Waals surface area contributed by atoms with Crippen molar-refractivity contribution < 1.29 is 32.6 Å². The van der Waals surface area contributed by atoms with Gasteiger partial charge in [-0.3, -0.25) is 4.79 Å². The summed E-state index contributed by atoms with van der Waals surface area (Å²) in [5.41, 5.74) is 0.843. The Bertz CT molecular complexity index is 637. The summed E-state index contributed by atoms with van der Waals surface area (Å²) >= 11 is 0. The van der Waals surface area contributed by atoms with E-state index < -0.39 is 30.5 Å². The van der Waals surface area contributed by atoms with Crippen molar-refractivity contribution in [3.05, 3.63) is 35.9 Å². The molecule has 26 heavy (non-hydrogen) atoms. The first-order valence-electron chi connectivity index (χ1n) is 8.09. The SMILES string of the molecule is CO[C@H]1O[C@H](CN(C(=O)C(F)(F)F)[C@@H](C)c2ccccc2)CC/C1=N/O. The van der Waals surface area contributed by atoms with Crippen molar-refractivity contribution in [2.24, 2.45) is 5.16 Å². The minimum absolute atomic E-state index is 0.257. The highest BCUT2D eigenvalue weighted by atomic mass is 19.4. The van der Waals surface area contributed by atoms with Gasteiger partial charge < -0.3 is 19.6 Å². The van der Waals surface area contributed by atoms with E-state index >= 15 is 0 Å². The van der Waals surface area contributed by atoms with Gasteiger partial charge in [-0.05, 0) is 25.3 Å². The Kier molecular flexibility index (Phi) is 6.60. The van der Waals surface area contributed by atoms with E-state index in [9.17, 15) is 18.0 Å². The number of amides is 1. The van der Waals surface area contributed by atoms with Crippen LogP contribution in [0.15, 0.2) is 35.5 Å². The number of halogens is 3. The lowest BCUT2D eigenvalue weighted by Gasteiger charge is -2.36. The maximum absolute atomic E-state index is 13.1. The molecule has 1 aromatic carbocycles. The fourth-order valence-electron chi connectivity index (χ4n) is 2.88. The lowest BCUT2D eigenvalue weighted by atomic mass is 10.0. The Hall–Kier alpha value is -2.13. The molecule has 6 nitrogen and oxygen atoms in total. The number of alkyl halides is 3. The molecule has 0 aliphatic carbocycles. The second-order valence-electron chi connectivity index (χ2n) is 6.00. The van der Waals surface area contributed by atoms with Crippen molar-refractivity contribution in [1.82, 2.24) is 4.90 Å². The predicted octanol–water partition coefficient (Wildman–Crippen LogP) is 3.12. The van der Waals surface area contributed by atoms with E-state index in [2.05, 4.69) is 5.16 Å². The molecule has 0 spiro atoms. The van der Waals surface area contributed by atoms with Crippen molar-refractivity contribution >= 4 is 11.6 Å². The molecule has 1 heterocycles. The molecule has 1 aliphatic rings. The van der Waals surface area contributed by atoms with Crippen LogP contribution in [-0.2, 0) is 14.3 Å². The number of carbonyl (C=O) groups excluding carboxylic acids is 1. The number of methoxy groups -OCH3 is 1. The van der Waals surface area contributed by atoms with Gasteiger partial charge in [0, 0.05) is 13.7 Å². The number of hydrogen-bond acceptors (Lipinski definition) is 5. The molecular weight excluding hydrogens is 353 g/mol. The number of nitrogens with zero attached hydrogens (tertiary/aromatic N) is 2. The van der Waals surface area contributed by atoms with Gasteiger partial charge in [-0.1, -0.05) is 35.5 Å². The number of rotatable bonds is 5. The first-order valence-corrected chi connectivity index (χ1v) is 8.09. The molecule has 144 valence electrons. The van der Waals surface area contributed by atoms with E-state index in [1.807, 2.05) is 0 Å². The van der Waals surface area contributed by atoms with E-state index in [1.165, 1.54) is 14.0 Å². The Balaban J connectivity index is 2.21. The maximum Gasteiger partial charge on any atom is 0.471 e. The van der Waals surface area contributed by atoms with E-state index in [0.717, 1.165) is 4.90 Å². The molecule has 1 aromatic rings. The maximum atomic E-state index is 13.1. The average molecular weight is 374 g/mol. The van der Waals surface area contributed by atoms with Gasteiger partial charge in [0.15, 0.2) is 6.29 Å². The van der Waals surface area contributed by atoms with Gasteiger partial charge in [-0.15, -0.1) is 0 Å². The monoisotopic (exact) mass is 374 g/mol. The molecule has 0 unspecified atom stereocenters. The Morgan fingerprint density at radius 3 is 2.62 bits per heavy atom. The lowest BCUT2D eigenvalue weighted by molar-refractivity contribution is -0.192. The zero-order valence-electron chi connectivity index (χ0n) is 14.4. The molecule has 1 saturated heterocycles. The van der Waals surface area contributed by atoms with Crippen molar-refractivity contribution in [2.45, 2.75) is 44.4 Å². The normalized spacial score (nSPS) is 23.7. The molecule has 1 fully saturated rings. The third kappa shape index (κ3) is 4.73. The highest BCUT2D eigenvalue weighted by Gasteiger charge is 2.45. The predicted molar refractivity (Wildman–Crippen MR) is 86.8 cm³/mol. The molecule has 0 aromatic heterocycles. The molecule has 1 aliphatic heterocycles. The van der Waals surface area contributed by atoms with Crippen LogP contribution in [0.25, 0.3) is 0 Å². The molecule has 1 N–H and O–H groups in total. The van der Waals surface area contributed by atoms with Gasteiger partial charge in [-0.2, -0.15) is 13.2 Å². The first-order chi connectivity index (χ1) is 12.3. The average Bonchev–Trinajstić information content (AvgIpc) is 2.64. The quantitative estimate of drug-likeness (QED) is 0.635. The number of hydrogen-bond donors (Lipinski definition) is 1. The van der Waals surface area contributed by atoms with Crippen molar-refractivity contribution in [1.29, 1.82) is 0 Å². The van der Waals surface area contributed by atoms with Gasteiger partial charge in [0.25, 0.3) is 0 Å². The third-order valence-corrected chi connectivity index (χ3v) is 4.31. The molecule has 0 saturated carbocycles. The summed E-state index contributed by atoms with van der Waals surface area (Å²) in [4.78, 5) is 12.7. The van der Waals surface area contributed by atoms with E-state index in [4.69, 9.17) is 14.7 Å². The van der Waals surface area contributed by atoms with Gasteiger partial charge in [0.1, 0.15) is 5.71 Å². The van der Waals surface area contributed by atoms with Crippen molar-refractivity contribution in [3.63, 3.8) is 0 Å². The van der Waals surface area contributed by atoms with Crippen LogP contribution in [-0.4, -0.2) is 54.0 Å². The smallest absolute Gasteiger partial charge is 0.411 e. The molecule has 9 heteroatoms. The van der Waals surface area contributed by atoms with Crippen LogP contribution in [0, 0.1) is 0 Å². The third-order valence-electron chi connectivity index (χ3n) is 4.31. The summed E-state index contributed by atoms with van der Waals surface area (Å²) in [6, 6.07) is 7.68. The number of oxime groups is 1. The van der Waals surface area contributed by atoms with Crippen LogP contribution in [0.2, 0.25) is 0 Å². The fraction of sp³-hybridized carbons (Fsp3) is 0.529. The van der Waals surface area contributed by atoms with Crippen LogP contribution in [0.5, 0.6) is 0 Å². The van der Waals surface area contributed by atoms with Crippen LogP contribution in [0.3, 0.4) is 0 Å². The standard InChI is InChI=1S/C17H21F3N2O4/c1-11(12-6-4-3-5-7-12)22(16(23)17(18,19)20)10-13-8-9-14(21-24)15(25-2)26-13/h3-7,11,13,15,24H,8-10H2,1-2H3/b21-14-/t11-,13-,15-/m0/s1. The number of carbonyl (C=O) groups is 1. The minimum atomic E-state index is -4.99. The van der Waals surface area contributed by atoms with Crippen molar-refractivity contribution in [2.75, 3.05) is 13.7 Å². The fourth-order valence-corrected chi connectivity index (χ4v) is 2.88. The van der Waals surface area contributed by atoms with Gasteiger partial charge >= 0.3 is 12.1 Å². The van der Waals surface area contributed by atoms with Gasteiger partial charge in [-0.25, -0.2) is 0 Å². The molecule has 2 rings (SSSR count). The first kappa shape index (κ1) is 20.2. The summed E-state index contributed by atoms with van der Waals surface area (Å²) in [6.07, 6.45) is -6.01. The highest BCUT2D eigenvalue weighted by Crippen LogP contribution is 2.29. The highest BCUT2D eigenvalue weighted by molar-refractivity contribution is 5.87. The van der Waals surface area contributed by atoms with Crippen LogP contribution in [0.4, 0.5) is 13.2 Å². The summed E-state index contributed by atoms with van der Waals surface area (Å²) < 4.78 is 49.8. The molecule has 0 bridgehead atoms. The molecule has 0 radical (unpaired) electrons. The largest absolute Gasteiger partial charge is 0.471 e. The molecular formula is C17H21F3N2O4. The van der Waals surface area contributed by atoms with Crippen LogP contribution < -0.4 is 0 Å². The summed E-state index contributed by atoms with van der Waals surface area (Å²) in [6.45, 7) is 1.28. The minimum Gasteiger partial charge on any atom is -0.411 e. The topological polar surface area (TPSA) is 71.4 Å². The molecule has 1 amide bonds. The zero-order valence-corrected chi connectivity index (χ0v) is 14.4. The van der Waals surface area contributed by atoms with Gasteiger partial charge in [0.2, 0.25) is 0 Å².